The van der Waals surface area contributed by atoms with E-state index in [-0.39, 0.29) is 11.7 Å². The van der Waals surface area contributed by atoms with E-state index in [0.29, 0.717) is 23.5 Å². The number of imidazole rings is 1. The molecule has 1 aliphatic carbocycles. The van der Waals surface area contributed by atoms with Crippen molar-refractivity contribution in [1.82, 2.24) is 25.3 Å². The largest absolute Gasteiger partial charge is 0.352 e. The number of amides is 1. The van der Waals surface area contributed by atoms with Crippen LogP contribution in [-0.4, -0.2) is 32.4 Å². The van der Waals surface area contributed by atoms with Crippen LogP contribution >= 0.6 is 0 Å². The normalized spacial score (nSPS) is 13.5. The fraction of sp³-hybridized carbons (Fsp3) is 0.250. The SMILES string of the molecule is O=C(NCCCc1ncc[nH]1)c1ccc2nc(C3CC3)c(-c3ccc(F)cc3)nc2c1. The van der Waals surface area contributed by atoms with Gasteiger partial charge in [0.15, 0.2) is 0 Å². The molecular weight excluding hydrogens is 393 g/mol. The van der Waals surface area contributed by atoms with Crippen molar-refractivity contribution in [3.8, 4) is 11.3 Å². The molecule has 4 aromatic rings. The Kier molecular flexibility index (Phi) is 5.16. The first kappa shape index (κ1) is 19.4. The zero-order valence-electron chi connectivity index (χ0n) is 16.9. The predicted molar refractivity (Wildman–Crippen MR) is 116 cm³/mol. The molecule has 0 saturated heterocycles. The highest BCUT2D eigenvalue weighted by Crippen LogP contribution is 2.43. The fourth-order valence-corrected chi connectivity index (χ4v) is 3.67. The molecule has 7 heteroatoms. The number of aromatic nitrogens is 4. The third-order valence-corrected chi connectivity index (χ3v) is 5.47. The van der Waals surface area contributed by atoms with E-state index in [4.69, 9.17) is 9.97 Å². The summed E-state index contributed by atoms with van der Waals surface area (Å²) in [5.41, 5.74) is 4.53. The van der Waals surface area contributed by atoms with E-state index >= 15 is 0 Å². The number of carbonyl (C=O) groups excluding carboxylic acids is 1. The van der Waals surface area contributed by atoms with E-state index in [1.165, 1.54) is 12.1 Å². The number of aromatic amines is 1. The maximum absolute atomic E-state index is 13.4. The van der Waals surface area contributed by atoms with E-state index < -0.39 is 0 Å². The molecule has 2 N–H and O–H groups in total. The van der Waals surface area contributed by atoms with Gasteiger partial charge in [-0.25, -0.2) is 19.3 Å². The maximum Gasteiger partial charge on any atom is 0.251 e. The molecule has 2 aromatic carbocycles. The highest BCUT2D eigenvalue weighted by atomic mass is 19.1. The van der Waals surface area contributed by atoms with Gasteiger partial charge < -0.3 is 10.3 Å². The third kappa shape index (κ3) is 4.30. The van der Waals surface area contributed by atoms with Gasteiger partial charge in [0.1, 0.15) is 11.6 Å². The van der Waals surface area contributed by atoms with E-state index in [1.54, 1.807) is 36.7 Å². The van der Waals surface area contributed by atoms with E-state index in [9.17, 15) is 9.18 Å². The second kappa shape index (κ2) is 8.26. The molecular formula is C24H22FN5O. The molecule has 0 aliphatic heterocycles. The molecule has 2 aromatic heterocycles. The minimum atomic E-state index is -0.281. The molecule has 0 spiro atoms. The van der Waals surface area contributed by atoms with Gasteiger partial charge in [-0.2, -0.15) is 0 Å². The molecule has 1 aliphatic rings. The topological polar surface area (TPSA) is 83.6 Å². The first-order chi connectivity index (χ1) is 15.2. The number of fused-ring (bicyclic) bond motifs is 1. The van der Waals surface area contributed by atoms with Gasteiger partial charge >= 0.3 is 0 Å². The number of aryl methyl sites for hydroxylation is 1. The van der Waals surface area contributed by atoms with Gasteiger partial charge in [-0.3, -0.25) is 4.79 Å². The summed E-state index contributed by atoms with van der Waals surface area (Å²) >= 11 is 0. The number of benzene rings is 2. The van der Waals surface area contributed by atoms with Gasteiger partial charge in [0.25, 0.3) is 5.91 Å². The second-order valence-corrected chi connectivity index (χ2v) is 7.84. The zero-order valence-corrected chi connectivity index (χ0v) is 16.9. The monoisotopic (exact) mass is 415 g/mol. The van der Waals surface area contributed by atoms with Crippen LogP contribution in [0.25, 0.3) is 22.3 Å². The Hall–Kier alpha value is -3.61. The van der Waals surface area contributed by atoms with Crippen molar-refractivity contribution >= 4 is 16.9 Å². The Morgan fingerprint density at radius 3 is 2.68 bits per heavy atom. The lowest BCUT2D eigenvalue weighted by Gasteiger charge is -2.11. The first-order valence-corrected chi connectivity index (χ1v) is 10.5. The van der Waals surface area contributed by atoms with Crippen molar-refractivity contribution in [2.24, 2.45) is 0 Å². The molecule has 156 valence electrons. The third-order valence-electron chi connectivity index (χ3n) is 5.47. The van der Waals surface area contributed by atoms with Crippen molar-refractivity contribution < 1.29 is 9.18 Å². The molecule has 0 unspecified atom stereocenters. The van der Waals surface area contributed by atoms with Crippen LogP contribution in [-0.2, 0) is 6.42 Å². The molecule has 5 rings (SSSR count). The Bertz CT molecular complexity index is 1220. The van der Waals surface area contributed by atoms with Gasteiger partial charge in [-0.05, 0) is 61.7 Å². The van der Waals surface area contributed by atoms with Crippen molar-refractivity contribution in [3.63, 3.8) is 0 Å². The maximum atomic E-state index is 13.4. The van der Waals surface area contributed by atoms with Crippen LogP contribution in [0.3, 0.4) is 0 Å². The summed E-state index contributed by atoms with van der Waals surface area (Å²) in [6, 6.07) is 11.7. The molecule has 1 fully saturated rings. The smallest absolute Gasteiger partial charge is 0.251 e. The Labute approximate surface area is 179 Å². The lowest BCUT2D eigenvalue weighted by atomic mass is 10.1. The Balaban J connectivity index is 1.37. The number of carbonyl (C=O) groups is 1. The van der Waals surface area contributed by atoms with Crippen LogP contribution in [0.15, 0.2) is 54.9 Å². The van der Waals surface area contributed by atoms with Crippen LogP contribution in [0, 0.1) is 5.82 Å². The van der Waals surface area contributed by atoms with Crippen molar-refractivity contribution in [1.29, 1.82) is 0 Å². The Morgan fingerprint density at radius 2 is 1.94 bits per heavy atom. The summed E-state index contributed by atoms with van der Waals surface area (Å²) in [7, 11) is 0. The standard InChI is InChI=1S/C24H22FN5O/c25-18-8-5-16(6-9-18)23-22(15-3-4-15)29-19-10-7-17(14-20(19)30-23)24(31)28-11-1-2-21-26-12-13-27-21/h5-10,12-15H,1-4,11H2,(H,26,27)(H,28,31). The van der Waals surface area contributed by atoms with Crippen LogP contribution in [0.1, 0.15) is 47.1 Å². The molecule has 0 radical (unpaired) electrons. The Morgan fingerprint density at radius 1 is 1.10 bits per heavy atom. The number of nitrogens with one attached hydrogen (secondary N) is 2. The van der Waals surface area contributed by atoms with Gasteiger partial charge in [0, 0.05) is 42.4 Å². The van der Waals surface area contributed by atoms with Gasteiger partial charge in [0.2, 0.25) is 0 Å². The van der Waals surface area contributed by atoms with Crippen LogP contribution in [0.2, 0.25) is 0 Å². The minimum Gasteiger partial charge on any atom is -0.352 e. The van der Waals surface area contributed by atoms with Crippen molar-refractivity contribution in [2.75, 3.05) is 6.54 Å². The number of H-pyrrole nitrogens is 1. The molecule has 2 heterocycles. The highest BCUT2D eigenvalue weighted by Gasteiger charge is 2.29. The predicted octanol–water partition coefficient (Wildman–Crippen LogP) is 4.40. The number of nitrogens with zero attached hydrogens (tertiary/aromatic N) is 3. The van der Waals surface area contributed by atoms with Crippen molar-refractivity contribution in [3.05, 3.63) is 77.8 Å². The summed E-state index contributed by atoms with van der Waals surface area (Å²) in [6.07, 6.45) is 7.27. The first-order valence-electron chi connectivity index (χ1n) is 10.5. The number of halogens is 1. The number of rotatable bonds is 7. The summed E-state index contributed by atoms with van der Waals surface area (Å²) in [6.45, 7) is 0.560. The van der Waals surface area contributed by atoms with Gasteiger partial charge in [-0.1, -0.05) is 0 Å². The molecule has 1 saturated carbocycles. The van der Waals surface area contributed by atoms with Crippen LogP contribution < -0.4 is 5.32 Å². The molecule has 6 nitrogen and oxygen atoms in total. The fourth-order valence-electron chi connectivity index (χ4n) is 3.67. The summed E-state index contributed by atoms with van der Waals surface area (Å²) in [5.74, 6) is 0.887. The second-order valence-electron chi connectivity index (χ2n) is 7.84. The number of hydrogen-bond donors (Lipinski definition) is 2. The van der Waals surface area contributed by atoms with Crippen molar-refractivity contribution in [2.45, 2.75) is 31.6 Å². The van der Waals surface area contributed by atoms with Gasteiger partial charge in [0.05, 0.1) is 22.4 Å². The average Bonchev–Trinajstić information content (AvgIpc) is 3.51. The van der Waals surface area contributed by atoms with Crippen LogP contribution in [0.5, 0.6) is 0 Å². The minimum absolute atomic E-state index is 0.141. The summed E-state index contributed by atoms with van der Waals surface area (Å²) < 4.78 is 13.4. The highest BCUT2D eigenvalue weighted by molar-refractivity contribution is 5.97. The molecule has 0 bridgehead atoms. The summed E-state index contributed by atoms with van der Waals surface area (Å²) in [5, 5.41) is 2.95. The number of hydrogen-bond acceptors (Lipinski definition) is 4. The van der Waals surface area contributed by atoms with E-state index in [2.05, 4.69) is 15.3 Å². The lowest BCUT2D eigenvalue weighted by molar-refractivity contribution is 0.0953. The van der Waals surface area contributed by atoms with E-state index in [0.717, 1.165) is 54.0 Å². The average molecular weight is 415 g/mol. The summed E-state index contributed by atoms with van der Waals surface area (Å²) in [4.78, 5) is 29.5. The molecule has 1 amide bonds. The van der Waals surface area contributed by atoms with Crippen LogP contribution in [0.4, 0.5) is 4.39 Å². The molecule has 31 heavy (non-hydrogen) atoms. The molecule has 0 atom stereocenters. The van der Waals surface area contributed by atoms with Gasteiger partial charge in [-0.15, -0.1) is 0 Å². The zero-order chi connectivity index (χ0) is 21.2. The quantitative estimate of drug-likeness (QED) is 0.438. The lowest BCUT2D eigenvalue weighted by Crippen LogP contribution is -2.24. The van der Waals surface area contributed by atoms with E-state index in [1.807, 2.05) is 6.07 Å².